The number of alkyl halides is 2. The summed E-state index contributed by atoms with van der Waals surface area (Å²) in [7, 11) is 1.60. The van der Waals surface area contributed by atoms with Crippen molar-refractivity contribution in [3.8, 4) is 11.5 Å². The number of ether oxygens (including phenoxy) is 2. The second-order valence-corrected chi connectivity index (χ2v) is 4.60. The van der Waals surface area contributed by atoms with Crippen molar-refractivity contribution in [1.82, 2.24) is 0 Å². The van der Waals surface area contributed by atoms with Crippen LogP contribution in [0.25, 0.3) is 0 Å². The van der Waals surface area contributed by atoms with Crippen LogP contribution in [0.3, 0.4) is 0 Å². The molecule has 0 spiro atoms. The Morgan fingerprint density at radius 3 is 2.57 bits per heavy atom. The second-order valence-electron chi connectivity index (χ2n) is 4.19. The lowest BCUT2D eigenvalue weighted by molar-refractivity contribution is -0.0497. The van der Waals surface area contributed by atoms with Crippen LogP contribution in [0.2, 0.25) is 5.02 Å². The number of halogens is 3. The van der Waals surface area contributed by atoms with Gasteiger partial charge >= 0.3 is 6.61 Å². The van der Waals surface area contributed by atoms with Crippen molar-refractivity contribution in [3.05, 3.63) is 53.1 Å². The minimum absolute atomic E-state index is 0.0468. The molecule has 0 radical (unpaired) electrons. The Kier molecular flexibility index (Phi) is 5.22. The molecule has 1 N–H and O–H groups in total. The number of hydrogen-bond donors (Lipinski definition) is 1. The van der Waals surface area contributed by atoms with Gasteiger partial charge in [-0.05, 0) is 24.3 Å². The summed E-state index contributed by atoms with van der Waals surface area (Å²) in [6.07, 6.45) is 0. The standard InChI is InChI=1S/C15H14ClF2NO2/c1-20-13-5-3-2-4-10(13)9-19-11-6-7-14(12(16)8-11)21-15(17)18/h2-8,15,19H,9H2,1H3. The third-order valence-electron chi connectivity index (χ3n) is 2.82. The van der Waals surface area contributed by atoms with Crippen LogP contribution in [0, 0.1) is 0 Å². The van der Waals surface area contributed by atoms with Crippen molar-refractivity contribution in [3.63, 3.8) is 0 Å². The van der Waals surface area contributed by atoms with E-state index < -0.39 is 6.61 Å². The normalized spacial score (nSPS) is 10.5. The van der Waals surface area contributed by atoms with Gasteiger partial charge in [-0.25, -0.2) is 0 Å². The highest BCUT2D eigenvalue weighted by atomic mass is 35.5. The van der Waals surface area contributed by atoms with E-state index >= 15 is 0 Å². The first kappa shape index (κ1) is 15.4. The fourth-order valence-corrected chi connectivity index (χ4v) is 2.07. The maximum atomic E-state index is 12.1. The average molecular weight is 314 g/mol. The summed E-state index contributed by atoms with van der Waals surface area (Å²) in [5.41, 5.74) is 1.68. The highest BCUT2D eigenvalue weighted by Crippen LogP contribution is 2.29. The number of nitrogens with one attached hydrogen (secondary N) is 1. The maximum Gasteiger partial charge on any atom is 0.387 e. The van der Waals surface area contributed by atoms with Gasteiger partial charge in [0.1, 0.15) is 11.5 Å². The summed E-state index contributed by atoms with van der Waals surface area (Å²) < 4.78 is 33.8. The van der Waals surface area contributed by atoms with Crippen LogP contribution in [0.1, 0.15) is 5.56 Å². The summed E-state index contributed by atoms with van der Waals surface area (Å²) in [5.74, 6) is 0.725. The van der Waals surface area contributed by atoms with Gasteiger partial charge in [0.25, 0.3) is 0 Å². The Morgan fingerprint density at radius 2 is 1.90 bits per heavy atom. The van der Waals surface area contributed by atoms with Crippen LogP contribution in [0.15, 0.2) is 42.5 Å². The van der Waals surface area contributed by atoms with Gasteiger partial charge in [0.2, 0.25) is 0 Å². The van der Waals surface area contributed by atoms with Crippen molar-refractivity contribution in [2.75, 3.05) is 12.4 Å². The third-order valence-corrected chi connectivity index (χ3v) is 3.12. The second kappa shape index (κ2) is 7.13. The number of benzene rings is 2. The molecule has 0 saturated carbocycles. The zero-order valence-corrected chi connectivity index (χ0v) is 12.0. The Balaban J connectivity index is 2.05. The van der Waals surface area contributed by atoms with Gasteiger partial charge < -0.3 is 14.8 Å². The minimum Gasteiger partial charge on any atom is -0.496 e. The molecule has 0 fully saturated rings. The molecule has 0 saturated heterocycles. The molecule has 2 aromatic carbocycles. The number of anilines is 1. The SMILES string of the molecule is COc1ccccc1CNc1ccc(OC(F)F)c(Cl)c1. The molecular formula is C15H14ClF2NO2. The van der Waals surface area contributed by atoms with Crippen LogP contribution in [0.4, 0.5) is 14.5 Å². The Hall–Kier alpha value is -2.01. The first-order chi connectivity index (χ1) is 10.1. The molecule has 3 nitrogen and oxygen atoms in total. The largest absolute Gasteiger partial charge is 0.496 e. The lowest BCUT2D eigenvalue weighted by atomic mass is 10.2. The van der Waals surface area contributed by atoms with E-state index in [2.05, 4.69) is 10.1 Å². The molecule has 0 atom stereocenters. The van der Waals surface area contributed by atoms with E-state index in [0.29, 0.717) is 12.2 Å². The molecule has 0 aromatic heterocycles. The fourth-order valence-electron chi connectivity index (χ4n) is 1.85. The molecule has 112 valence electrons. The molecule has 2 rings (SSSR count). The molecule has 0 heterocycles. The van der Waals surface area contributed by atoms with E-state index in [1.165, 1.54) is 12.1 Å². The fraction of sp³-hybridized carbons (Fsp3) is 0.200. The summed E-state index contributed by atoms with van der Waals surface area (Å²) in [6, 6.07) is 12.2. The van der Waals surface area contributed by atoms with Crippen LogP contribution < -0.4 is 14.8 Å². The molecule has 0 amide bonds. The highest BCUT2D eigenvalue weighted by Gasteiger charge is 2.09. The predicted molar refractivity (Wildman–Crippen MR) is 78.4 cm³/mol. The minimum atomic E-state index is -2.89. The summed E-state index contributed by atoms with van der Waals surface area (Å²) >= 11 is 5.89. The Bertz CT molecular complexity index is 608. The van der Waals surface area contributed by atoms with E-state index in [9.17, 15) is 8.78 Å². The summed E-state index contributed by atoms with van der Waals surface area (Å²) in [5, 5.41) is 3.27. The molecular weight excluding hydrogens is 300 g/mol. The first-order valence-electron chi connectivity index (χ1n) is 6.20. The van der Waals surface area contributed by atoms with Crippen molar-refractivity contribution in [2.24, 2.45) is 0 Å². The van der Waals surface area contributed by atoms with Crippen LogP contribution >= 0.6 is 11.6 Å². The molecule has 0 unspecified atom stereocenters. The van der Waals surface area contributed by atoms with Crippen LogP contribution in [0.5, 0.6) is 11.5 Å². The molecule has 0 bridgehead atoms. The zero-order chi connectivity index (χ0) is 15.2. The van der Waals surface area contributed by atoms with E-state index in [-0.39, 0.29) is 10.8 Å². The van der Waals surface area contributed by atoms with E-state index in [1.54, 1.807) is 13.2 Å². The lowest BCUT2D eigenvalue weighted by Gasteiger charge is -2.12. The molecule has 0 aliphatic heterocycles. The Morgan fingerprint density at radius 1 is 1.14 bits per heavy atom. The van der Waals surface area contributed by atoms with Gasteiger partial charge in [0, 0.05) is 17.8 Å². The number of para-hydroxylation sites is 1. The highest BCUT2D eigenvalue weighted by molar-refractivity contribution is 6.32. The third kappa shape index (κ3) is 4.23. The average Bonchev–Trinajstić information content (AvgIpc) is 2.47. The van der Waals surface area contributed by atoms with Gasteiger partial charge in [-0.1, -0.05) is 29.8 Å². The number of rotatable bonds is 6. The number of methoxy groups -OCH3 is 1. The summed E-state index contributed by atoms with van der Waals surface area (Å²) in [4.78, 5) is 0. The first-order valence-corrected chi connectivity index (χ1v) is 6.58. The molecule has 0 aliphatic rings. The van der Waals surface area contributed by atoms with Gasteiger partial charge in [-0.3, -0.25) is 0 Å². The van der Waals surface area contributed by atoms with E-state index in [0.717, 1.165) is 11.3 Å². The van der Waals surface area contributed by atoms with Gasteiger partial charge in [0.15, 0.2) is 0 Å². The molecule has 0 aliphatic carbocycles. The van der Waals surface area contributed by atoms with Gasteiger partial charge in [-0.15, -0.1) is 0 Å². The van der Waals surface area contributed by atoms with Crippen molar-refractivity contribution in [2.45, 2.75) is 13.2 Å². The van der Waals surface area contributed by atoms with E-state index in [1.807, 2.05) is 24.3 Å². The topological polar surface area (TPSA) is 30.5 Å². The number of hydrogen-bond acceptors (Lipinski definition) is 3. The molecule has 21 heavy (non-hydrogen) atoms. The zero-order valence-electron chi connectivity index (χ0n) is 11.3. The Labute approximate surface area is 126 Å². The molecule has 2 aromatic rings. The summed E-state index contributed by atoms with van der Waals surface area (Å²) in [6.45, 7) is -2.37. The quantitative estimate of drug-likeness (QED) is 0.848. The van der Waals surface area contributed by atoms with Crippen LogP contribution in [-0.2, 0) is 6.54 Å². The van der Waals surface area contributed by atoms with E-state index in [4.69, 9.17) is 16.3 Å². The predicted octanol–water partition coefficient (Wildman–Crippen LogP) is 4.56. The van der Waals surface area contributed by atoms with Gasteiger partial charge in [-0.2, -0.15) is 8.78 Å². The van der Waals surface area contributed by atoms with Crippen LogP contribution in [-0.4, -0.2) is 13.7 Å². The van der Waals surface area contributed by atoms with Crippen molar-refractivity contribution >= 4 is 17.3 Å². The smallest absolute Gasteiger partial charge is 0.387 e. The maximum absolute atomic E-state index is 12.1. The lowest BCUT2D eigenvalue weighted by Crippen LogP contribution is -2.04. The molecule has 6 heteroatoms. The van der Waals surface area contributed by atoms with Crippen molar-refractivity contribution in [1.29, 1.82) is 0 Å². The van der Waals surface area contributed by atoms with Crippen molar-refractivity contribution < 1.29 is 18.3 Å². The monoisotopic (exact) mass is 313 g/mol. The van der Waals surface area contributed by atoms with Gasteiger partial charge in [0.05, 0.1) is 12.1 Å².